The summed E-state index contributed by atoms with van der Waals surface area (Å²) >= 11 is 0. The van der Waals surface area contributed by atoms with Gasteiger partial charge >= 0.3 is 5.97 Å². The molecule has 0 unspecified atom stereocenters. The molecule has 0 saturated heterocycles. The fourth-order valence-electron chi connectivity index (χ4n) is 0.622. The highest BCUT2D eigenvalue weighted by Gasteiger charge is 2.12. The van der Waals surface area contributed by atoms with Crippen LogP contribution in [0.25, 0.3) is 0 Å². The van der Waals surface area contributed by atoms with Crippen molar-refractivity contribution in [3.8, 4) is 0 Å². The van der Waals surface area contributed by atoms with Gasteiger partial charge in [-0.25, -0.2) is 0 Å². The van der Waals surface area contributed by atoms with Crippen molar-refractivity contribution in [2.45, 2.75) is 18.9 Å². The second kappa shape index (κ2) is 5.49. The van der Waals surface area contributed by atoms with Gasteiger partial charge in [-0.2, -0.15) is 0 Å². The second-order valence-corrected chi connectivity index (χ2v) is 2.30. The van der Waals surface area contributed by atoms with E-state index >= 15 is 0 Å². The van der Waals surface area contributed by atoms with Crippen molar-refractivity contribution in [2.24, 2.45) is 0 Å². The maximum absolute atomic E-state index is 10.9. The molecule has 0 bridgehead atoms. The van der Waals surface area contributed by atoms with Gasteiger partial charge in [0.1, 0.15) is 12.2 Å². The highest BCUT2D eigenvalue weighted by atomic mass is 16.5. The summed E-state index contributed by atoms with van der Waals surface area (Å²) in [5, 5.41) is 8.92. The predicted molar refractivity (Wildman–Crippen MR) is 42.5 cm³/mol. The molecule has 0 saturated carbocycles. The van der Waals surface area contributed by atoms with E-state index in [9.17, 15) is 9.59 Å². The number of aliphatic hydroxyl groups excluding tert-OH is 1. The van der Waals surface area contributed by atoms with E-state index in [1.165, 1.54) is 13.2 Å². The van der Waals surface area contributed by atoms with E-state index in [1.54, 1.807) is 0 Å². The van der Waals surface area contributed by atoms with E-state index in [1.807, 2.05) is 0 Å². The number of ether oxygens (including phenoxy) is 1. The molecule has 4 nitrogen and oxygen atoms in total. The van der Waals surface area contributed by atoms with Gasteiger partial charge < -0.3 is 9.84 Å². The van der Waals surface area contributed by atoms with Crippen LogP contribution < -0.4 is 0 Å². The molecule has 4 heteroatoms. The summed E-state index contributed by atoms with van der Waals surface area (Å²) in [5.41, 5.74) is 0. The fourth-order valence-corrected chi connectivity index (χ4v) is 0.622. The van der Waals surface area contributed by atoms with Gasteiger partial charge in [-0.15, -0.1) is 6.58 Å². The largest absolute Gasteiger partial charge is 0.469 e. The zero-order chi connectivity index (χ0) is 9.56. The lowest BCUT2D eigenvalue weighted by molar-refractivity contribution is -0.143. The number of methoxy groups -OCH3 is 1. The Hall–Kier alpha value is -1.16. The van der Waals surface area contributed by atoms with Gasteiger partial charge in [0, 0.05) is 6.42 Å². The zero-order valence-corrected chi connectivity index (χ0v) is 6.95. The molecular formula is C8H12O4. The molecule has 0 aliphatic carbocycles. The first-order chi connectivity index (χ1) is 5.60. The summed E-state index contributed by atoms with van der Waals surface area (Å²) < 4.78 is 4.27. The van der Waals surface area contributed by atoms with Crippen molar-refractivity contribution in [1.82, 2.24) is 0 Å². The summed E-state index contributed by atoms with van der Waals surface area (Å²) in [4.78, 5) is 21.4. The molecule has 0 aliphatic rings. The SMILES string of the molecule is C=C[C@H](O)CC(=O)CC(=O)OC. The first kappa shape index (κ1) is 10.8. The Balaban J connectivity index is 3.74. The number of hydrogen-bond acceptors (Lipinski definition) is 4. The van der Waals surface area contributed by atoms with Crippen LogP contribution in [-0.2, 0) is 14.3 Å². The number of hydrogen-bond donors (Lipinski definition) is 1. The van der Waals surface area contributed by atoms with Crippen LogP contribution in [0.2, 0.25) is 0 Å². The second-order valence-electron chi connectivity index (χ2n) is 2.30. The van der Waals surface area contributed by atoms with Crippen molar-refractivity contribution < 1.29 is 19.4 Å². The van der Waals surface area contributed by atoms with Gasteiger partial charge in [0.05, 0.1) is 13.2 Å². The highest BCUT2D eigenvalue weighted by molar-refractivity contribution is 5.95. The summed E-state index contributed by atoms with van der Waals surface area (Å²) in [6.45, 7) is 3.29. The van der Waals surface area contributed by atoms with Crippen LogP contribution >= 0.6 is 0 Å². The molecular weight excluding hydrogens is 160 g/mol. The number of aliphatic hydroxyl groups is 1. The quantitative estimate of drug-likeness (QED) is 0.361. The van der Waals surface area contributed by atoms with Crippen LogP contribution in [0.3, 0.4) is 0 Å². The maximum Gasteiger partial charge on any atom is 0.313 e. The Morgan fingerprint density at radius 2 is 2.25 bits per heavy atom. The number of rotatable bonds is 5. The molecule has 1 N–H and O–H groups in total. The van der Waals surface area contributed by atoms with Crippen LogP contribution in [0.4, 0.5) is 0 Å². The van der Waals surface area contributed by atoms with E-state index in [0.29, 0.717) is 0 Å². The summed E-state index contributed by atoms with van der Waals surface area (Å²) in [6, 6.07) is 0. The molecule has 12 heavy (non-hydrogen) atoms. The van der Waals surface area contributed by atoms with Gasteiger partial charge in [0.25, 0.3) is 0 Å². The van der Waals surface area contributed by atoms with Crippen molar-refractivity contribution in [1.29, 1.82) is 0 Å². The minimum absolute atomic E-state index is 0.0847. The van der Waals surface area contributed by atoms with Crippen LogP contribution in [0.15, 0.2) is 12.7 Å². The van der Waals surface area contributed by atoms with Gasteiger partial charge in [-0.3, -0.25) is 9.59 Å². The number of Topliss-reactive ketones (excluding diaryl/α,β-unsaturated/α-hetero) is 1. The van der Waals surface area contributed by atoms with Crippen LogP contribution in [0, 0.1) is 0 Å². The third-order valence-electron chi connectivity index (χ3n) is 1.28. The average molecular weight is 172 g/mol. The minimum atomic E-state index is -0.873. The van der Waals surface area contributed by atoms with E-state index < -0.39 is 12.1 Å². The maximum atomic E-state index is 10.9. The van der Waals surface area contributed by atoms with Crippen LogP contribution in [0.1, 0.15) is 12.8 Å². The first-order valence-corrected chi connectivity index (χ1v) is 3.49. The average Bonchev–Trinajstić information content (AvgIpc) is 2.03. The molecule has 0 heterocycles. The van der Waals surface area contributed by atoms with E-state index in [4.69, 9.17) is 5.11 Å². The van der Waals surface area contributed by atoms with Gasteiger partial charge in [0.15, 0.2) is 0 Å². The highest BCUT2D eigenvalue weighted by Crippen LogP contribution is 1.98. The van der Waals surface area contributed by atoms with E-state index in [2.05, 4.69) is 11.3 Å². The van der Waals surface area contributed by atoms with Crippen molar-refractivity contribution >= 4 is 11.8 Å². The lowest BCUT2D eigenvalue weighted by atomic mass is 10.1. The normalized spacial score (nSPS) is 11.8. The summed E-state index contributed by atoms with van der Waals surface area (Å²) in [7, 11) is 1.21. The number of esters is 1. The monoisotopic (exact) mass is 172 g/mol. The van der Waals surface area contributed by atoms with Crippen LogP contribution in [0.5, 0.6) is 0 Å². The van der Waals surface area contributed by atoms with E-state index in [-0.39, 0.29) is 18.6 Å². The fraction of sp³-hybridized carbons (Fsp3) is 0.500. The molecule has 0 aromatic carbocycles. The molecule has 68 valence electrons. The third kappa shape index (κ3) is 4.62. The molecule has 0 aliphatic heterocycles. The molecule has 0 radical (unpaired) electrons. The summed E-state index contributed by atoms with van der Waals surface area (Å²) in [6.07, 6.45) is -0.00279. The Bertz CT molecular complexity index is 185. The topological polar surface area (TPSA) is 63.6 Å². The third-order valence-corrected chi connectivity index (χ3v) is 1.28. The Kier molecular flexibility index (Phi) is 4.96. The standard InChI is InChI=1S/C8H12O4/c1-3-6(9)4-7(10)5-8(11)12-2/h3,6,9H,1,4-5H2,2H3/t6-/m0/s1. The van der Waals surface area contributed by atoms with E-state index in [0.717, 1.165) is 0 Å². The molecule has 0 aromatic rings. The summed E-state index contributed by atoms with van der Waals surface area (Å²) in [5.74, 6) is -0.939. The molecule has 0 spiro atoms. The molecule has 0 rings (SSSR count). The smallest absolute Gasteiger partial charge is 0.313 e. The lowest BCUT2D eigenvalue weighted by Gasteiger charge is -2.02. The van der Waals surface area contributed by atoms with Gasteiger partial charge in [0.2, 0.25) is 0 Å². The van der Waals surface area contributed by atoms with Crippen molar-refractivity contribution in [3.05, 3.63) is 12.7 Å². The Labute approximate surface area is 70.8 Å². The minimum Gasteiger partial charge on any atom is -0.469 e. The van der Waals surface area contributed by atoms with Gasteiger partial charge in [-0.05, 0) is 0 Å². The van der Waals surface area contributed by atoms with Crippen molar-refractivity contribution in [2.75, 3.05) is 7.11 Å². The lowest BCUT2D eigenvalue weighted by Crippen LogP contribution is -2.15. The Morgan fingerprint density at radius 3 is 2.67 bits per heavy atom. The van der Waals surface area contributed by atoms with Crippen molar-refractivity contribution in [3.63, 3.8) is 0 Å². The predicted octanol–water partition coefficient (Wildman–Crippen LogP) is 0.0556. The number of ketones is 1. The molecule has 0 fully saturated rings. The first-order valence-electron chi connectivity index (χ1n) is 3.49. The Morgan fingerprint density at radius 1 is 1.67 bits per heavy atom. The number of carbonyl (C=O) groups is 2. The molecule has 0 aromatic heterocycles. The van der Waals surface area contributed by atoms with Crippen LogP contribution in [-0.4, -0.2) is 30.1 Å². The zero-order valence-electron chi connectivity index (χ0n) is 6.95. The number of carbonyl (C=O) groups excluding carboxylic acids is 2. The van der Waals surface area contributed by atoms with Gasteiger partial charge in [-0.1, -0.05) is 6.08 Å². The molecule has 1 atom stereocenters. The molecule has 0 amide bonds.